The Morgan fingerprint density at radius 3 is 2.62 bits per heavy atom. The third kappa shape index (κ3) is 3.08. The Morgan fingerprint density at radius 1 is 1.38 bits per heavy atom. The van der Waals surface area contributed by atoms with E-state index < -0.39 is 0 Å². The molecule has 1 aromatic rings. The lowest BCUT2D eigenvalue weighted by Gasteiger charge is -2.11. The summed E-state index contributed by atoms with van der Waals surface area (Å²) < 4.78 is 5.65. The number of oxazole rings is 1. The van der Waals surface area contributed by atoms with Crippen LogP contribution in [0.4, 0.5) is 0 Å². The Balaban J connectivity index is 1.91. The second-order valence-corrected chi connectivity index (χ2v) is 5.02. The minimum Gasteiger partial charge on any atom is -0.444 e. The fourth-order valence-corrected chi connectivity index (χ4v) is 2.48. The Hall–Kier alpha value is -0.830. The summed E-state index contributed by atoms with van der Waals surface area (Å²) in [5.74, 6) is 2.47. The lowest BCUT2D eigenvalue weighted by molar-refractivity contribution is 0.377. The Kier molecular flexibility index (Phi) is 3.99. The van der Waals surface area contributed by atoms with Crippen LogP contribution >= 0.6 is 0 Å². The van der Waals surface area contributed by atoms with Crippen LogP contribution in [0.2, 0.25) is 0 Å². The maximum atomic E-state index is 5.73. The topological polar surface area (TPSA) is 52.0 Å². The monoisotopic (exact) mass is 222 g/mol. The first-order valence-electron chi connectivity index (χ1n) is 6.46. The molecule has 90 valence electrons. The highest BCUT2D eigenvalue weighted by molar-refractivity contribution is 4.98. The first-order valence-corrected chi connectivity index (χ1v) is 6.46. The van der Waals surface area contributed by atoms with Crippen LogP contribution in [0.15, 0.2) is 10.6 Å². The molecular weight excluding hydrogens is 200 g/mol. The van der Waals surface area contributed by atoms with Gasteiger partial charge in [-0.15, -0.1) is 0 Å². The van der Waals surface area contributed by atoms with Crippen molar-refractivity contribution in [3.8, 4) is 0 Å². The van der Waals surface area contributed by atoms with E-state index in [4.69, 9.17) is 10.2 Å². The van der Waals surface area contributed by atoms with E-state index in [0.717, 1.165) is 18.1 Å². The minimum absolute atomic E-state index is 0.0946. The third-order valence-electron chi connectivity index (χ3n) is 3.43. The molecule has 3 nitrogen and oxygen atoms in total. The van der Waals surface area contributed by atoms with Crippen molar-refractivity contribution in [1.29, 1.82) is 0 Å². The predicted molar refractivity (Wildman–Crippen MR) is 64.0 cm³/mol. The maximum Gasteiger partial charge on any atom is 0.210 e. The van der Waals surface area contributed by atoms with Gasteiger partial charge in [0.15, 0.2) is 0 Å². The average molecular weight is 222 g/mol. The highest BCUT2D eigenvalue weighted by Crippen LogP contribution is 2.26. The molecule has 3 heteroatoms. The molecule has 0 aromatic carbocycles. The molecular formula is C13H22N2O. The highest BCUT2D eigenvalue weighted by Gasteiger charge is 2.16. The van der Waals surface area contributed by atoms with Crippen molar-refractivity contribution in [2.24, 2.45) is 11.7 Å². The molecule has 0 bridgehead atoms. The Bertz CT molecular complexity index is 311. The summed E-state index contributed by atoms with van der Waals surface area (Å²) in [4.78, 5) is 4.21. The zero-order valence-electron chi connectivity index (χ0n) is 10.1. The van der Waals surface area contributed by atoms with Gasteiger partial charge in [0.25, 0.3) is 0 Å². The fraction of sp³-hybridized carbons (Fsp3) is 0.769. The summed E-state index contributed by atoms with van der Waals surface area (Å²) in [5, 5.41) is 0. The SMILES string of the molecule is CC(N)c1ncc(CC2CCCCCC2)o1. The van der Waals surface area contributed by atoms with Crippen molar-refractivity contribution >= 4 is 0 Å². The van der Waals surface area contributed by atoms with Gasteiger partial charge in [-0.1, -0.05) is 38.5 Å². The van der Waals surface area contributed by atoms with Crippen LogP contribution in [0.1, 0.15) is 63.1 Å². The summed E-state index contributed by atoms with van der Waals surface area (Å²) in [6.07, 6.45) is 11.1. The molecule has 1 aliphatic carbocycles. The van der Waals surface area contributed by atoms with Crippen LogP contribution in [0, 0.1) is 5.92 Å². The number of nitrogens with zero attached hydrogens (tertiary/aromatic N) is 1. The van der Waals surface area contributed by atoms with Gasteiger partial charge in [-0.3, -0.25) is 0 Å². The van der Waals surface area contributed by atoms with Crippen molar-refractivity contribution in [2.75, 3.05) is 0 Å². The number of nitrogens with two attached hydrogens (primary N) is 1. The quantitative estimate of drug-likeness (QED) is 0.799. The van der Waals surface area contributed by atoms with Crippen LogP contribution in [-0.4, -0.2) is 4.98 Å². The molecule has 1 atom stereocenters. The van der Waals surface area contributed by atoms with Gasteiger partial charge in [-0.2, -0.15) is 0 Å². The van der Waals surface area contributed by atoms with Crippen molar-refractivity contribution in [3.63, 3.8) is 0 Å². The van der Waals surface area contributed by atoms with Crippen LogP contribution in [0.3, 0.4) is 0 Å². The molecule has 0 aliphatic heterocycles. The molecule has 1 fully saturated rings. The maximum absolute atomic E-state index is 5.73. The normalized spacial score (nSPS) is 20.6. The average Bonchev–Trinajstić information content (AvgIpc) is 2.56. The third-order valence-corrected chi connectivity index (χ3v) is 3.43. The summed E-state index contributed by atoms with van der Waals surface area (Å²) in [7, 11) is 0. The zero-order chi connectivity index (χ0) is 11.4. The van der Waals surface area contributed by atoms with Crippen LogP contribution in [0.25, 0.3) is 0 Å². The second-order valence-electron chi connectivity index (χ2n) is 5.02. The van der Waals surface area contributed by atoms with Gasteiger partial charge in [-0.25, -0.2) is 4.98 Å². The summed E-state index contributed by atoms with van der Waals surface area (Å²) in [6.45, 7) is 1.90. The first-order chi connectivity index (χ1) is 7.75. The van der Waals surface area contributed by atoms with Crippen LogP contribution in [0.5, 0.6) is 0 Å². The van der Waals surface area contributed by atoms with Crippen molar-refractivity contribution in [1.82, 2.24) is 4.98 Å². The molecule has 1 aliphatic rings. The zero-order valence-corrected chi connectivity index (χ0v) is 10.1. The molecule has 0 amide bonds. The fourth-order valence-electron chi connectivity index (χ4n) is 2.48. The standard InChI is InChI=1S/C13H22N2O/c1-10(14)13-15-9-12(16-13)8-11-6-4-2-3-5-7-11/h9-11H,2-8,14H2,1H3. The van der Waals surface area contributed by atoms with Crippen LogP contribution in [-0.2, 0) is 6.42 Å². The van der Waals surface area contributed by atoms with Gasteiger partial charge in [0.2, 0.25) is 5.89 Å². The van der Waals surface area contributed by atoms with E-state index in [0.29, 0.717) is 5.89 Å². The van der Waals surface area contributed by atoms with E-state index in [2.05, 4.69) is 4.98 Å². The van der Waals surface area contributed by atoms with E-state index >= 15 is 0 Å². The largest absolute Gasteiger partial charge is 0.444 e. The summed E-state index contributed by atoms with van der Waals surface area (Å²) in [5.41, 5.74) is 5.73. The molecule has 1 heterocycles. The van der Waals surface area contributed by atoms with Gasteiger partial charge in [0, 0.05) is 6.42 Å². The van der Waals surface area contributed by atoms with Crippen molar-refractivity contribution in [2.45, 2.75) is 57.9 Å². The molecule has 2 N–H and O–H groups in total. The minimum atomic E-state index is -0.0946. The van der Waals surface area contributed by atoms with E-state index in [-0.39, 0.29) is 6.04 Å². The van der Waals surface area contributed by atoms with E-state index in [1.54, 1.807) is 0 Å². The lowest BCUT2D eigenvalue weighted by Crippen LogP contribution is -2.05. The molecule has 1 unspecified atom stereocenters. The molecule has 16 heavy (non-hydrogen) atoms. The predicted octanol–water partition coefficient (Wildman–Crippen LogP) is 3.21. The van der Waals surface area contributed by atoms with Gasteiger partial charge < -0.3 is 10.2 Å². The van der Waals surface area contributed by atoms with E-state index in [1.807, 2.05) is 13.1 Å². The summed E-state index contributed by atoms with van der Waals surface area (Å²) >= 11 is 0. The second kappa shape index (κ2) is 5.48. The lowest BCUT2D eigenvalue weighted by atomic mass is 9.96. The first kappa shape index (κ1) is 11.6. The number of hydrogen-bond acceptors (Lipinski definition) is 3. The van der Waals surface area contributed by atoms with Crippen molar-refractivity contribution < 1.29 is 4.42 Å². The van der Waals surface area contributed by atoms with Gasteiger partial charge in [-0.05, 0) is 12.8 Å². The number of hydrogen-bond donors (Lipinski definition) is 1. The molecule has 1 saturated carbocycles. The molecule has 0 radical (unpaired) electrons. The smallest absolute Gasteiger partial charge is 0.210 e. The van der Waals surface area contributed by atoms with Gasteiger partial charge >= 0.3 is 0 Å². The van der Waals surface area contributed by atoms with E-state index in [1.165, 1.54) is 38.5 Å². The van der Waals surface area contributed by atoms with Gasteiger partial charge in [0.05, 0.1) is 12.2 Å². The number of rotatable bonds is 3. The van der Waals surface area contributed by atoms with Crippen LogP contribution < -0.4 is 5.73 Å². The molecule has 0 spiro atoms. The van der Waals surface area contributed by atoms with E-state index in [9.17, 15) is 0 Å². The number of aromatic nitrogens is 1. The summed E-state index contributed by atoms with van der Waals surface area (Å²) in [6, 6.07) is -0.0946. The molecule has 0 saturated heterocycles. The molecule has 2 rings (SSSR count). The Morgan fingerprint density at radius 2 is 2.06 bits per heavy atom. The molecule has 1 aromatic heterocycles. The van der Waals surface area contributed by atoms with Gasteiger partial charge in [0.1, 0.15) is 5.76 Å². The highest BCUT2D eigenvalue weighted by atomic mass is 16.4. The Labute approximate surface area is 97.4 Å². The van der Waals surface area contributed by atoms with Crippen molar-refractivity contribution in [3.05, 3.63) is 17.8 Å².